The Labute approximate surface area is 146 Å². The van der Waals surface area contributed by atoms with E-state index in [9.17, 15) is 13.2 Å². The topological polar surface area (TPSA) is 48.5 Å². The summed E-state index contributed by atoms with van der Waals surface area (Å²) in [6.07, 6.45) is -2.82. The van der Waals surface area contributed by atoms with Gasteiger partial charge in [0.05, 0.1) is 18.9 Å². The largest absolute Gasteiger partial charge is 0.459 e. The van der Waals surface area contributed by atoms with Crippen molar-refractivity contribution in [1.82, 2.24) is 9.78 Å². The minimum atomic E-state index is -4.33. The van der Waals surface area contributed by atoms with E-state index in [1.807, 2.05) is 7.05 Å². The predicted octanol–water partition coefficient (Wildman–Crippen LogP) is 3.16. The summed E-state index contributed by atoms with van der Waals surface area (Å²) in [6.45, 7) is 0.924. The SMILES string of the molecule is C[NH+](Cc1ccc(C(F)(F)F)cc1)Cn1nc(-c2ccco2)oc1=S. The van der Waals surface area contributed by atoms with Crippen molar-refractivity contribution in [3.63, 3.8) is 0 Å². The summed E-state index contributed by atoms with van der Waals surface area (Å²) < 4.78 is 49.9. The maximum atomic E-state index is 12.6. The van der Waals surface area contributed by atoms with Crippen LogP contribution in [0.4, 0.5) is 13.2 Å². The Hall–Kier alpha value is -2.39. The molecule has 1 unspecified atom stereocenters. The lowest BCUT2D eigenvalue weighted by molar-refractivity contribution is -0.917. The number of halogens is 3. The van der Waals surface area contributed by atoms with Gasteiger partial charge in [0.2, 0.25) is 0 Å². The number of rotatable bonds is 5. The van der Waals surface area contributed by atoms with Crippen molar-refractivity contribution < 1.29 is 26.9 Å². The first-order chi connectivity index (χ1) is 11.8. The van der Waals surface area contributed by atoms with Gasteiger partial charge in [-0.1, -0.05) is 12.1 Å². The summed E-state index contributed by atoms with van der Waals surface area (Å²) >= 11 is 5.14. The maximum absolute atomic E-state index is 12.6. The zero-order chi connectivity index (χ0) is 18.0. The second-order valence-corrected chi connectivity index (χ2v) is 5.99. The van der Waals surface area contributed by atoms with Crippen LogP contribution < -0.4 is 4.90 Å². The second kappa shape index (κ2) is 6.85. The van der Waals surface area contributed by atoms with Gasteiger partial charge in [-0.25, -0.2) is 0 Å². The van der Waals surface area contributed by atoms with Crippen molar-refractivity contribution >= 4 is 12.2 Å². The van der Waals surface area contributed by atoms with Crippen LogP contribution in [0.5, 0.6) is 0 Å². The van der Waals surface area contributed by atoms with E-state index >= 15 is 0 Å². The van der Waals surface area contributed by atoms with Crippen molar-refractivity contribution in [2.75, 3.05) is 7.05 Å². The van der Waals surface area contributed by atoms with Gasteiger partial charge in [-0.3, -0.25) is 0 Å². The summed E-state index contributed by atoms with van der Waals surface area (Å²) in [4.78, 5) is 1.19. The zero-order valence-corrected chi connectivity index (χ0v) is 14.0. The van der Waals surface area contributed by atoms with E-state index in [-0.39, 0.29) is 10.7 Å². The molecule has 9 heteroatoms. The average Bonchev–Trinajstić information content (AvgIpc) is 3.17. The number of hydrogen-bond donors (Lipinski definition) is 1. The van der Waals surface area contributed by atoms with Crippen molar-refractivity contribution in [1.29, 1.82) is 0 Å². The molecule has 3 rings (SSSR count). The van der Waals surface area contributed by atoms with Crippen molar-refractivity contribution in [3.8, 4) is 11.7 Å². The van der Waals surface area contributed by atoms with E-state index in [2.05, 4.69) is 5.10 Å². The fourth-order valence-electron chi connectivity index (χ4n) is 2.38. The van der Waals surface area contributed by atoms with Crippen LogP contribution >= 0.6 is 12.2 Å². The predicted molar refractivity (Wildman–Crippen MR) is 85.1 cm³/mol. The van der Waals surface area contributed by atoms with Crippen LogP contribution in [-0.2, 0) is 19.4 Å². The molecule has 0 aliphatic heterocycles. The van der Waals surface area contributed by atoms with Crippen molar-refractivity contribution in [3.05, 3.63) is 58.6 Å². The number of quaternary nitrogens is 1. The highest BCUT2D eigenvalue weighted by molar-refractivity contribution is 7.71. The minimum absolute atomic E-state index is 0.207. The third kappa shape index (κ3) is 4.18. The first-order valence-electron chi connectivity index (χ1n) is 7.42. The number of nitrogens with one attached hydrogen (secondary N) is 1. The van der Waals surface area contributed by atoms with E-state index in [0.717, 1.165) is 22.6 Å². The molecule has 0 spiro atoms. The molecule has 3 aromatic rings. The normalized spacial score (nSPS) is 13.1. The number of alkyl halides is 3. The van der Waals surface area contributed by atoms with Gasteiger partial charge in [-0.05, 0) is 36.5 Å². The fraction of sp³-hybridized carbons (Fsp3) is 0.250. The van der Waals surface area contributed by atoms with Crippen LogP contribution in [-0.4, -0.2) is 16.8 Å². The van der Waals surface area contributed by atoms with Crippen LogP contribution in [0.15, 0.2) is 51.5 Å². The number of hydrogen-bond acceptors (Lipinski definition) is 4. The van der Waals surface area contributed by atoms with Crippen molar-refractivity contribution in [2.45, 2.75) is 19.4 Å². The standard InChI is InChI=1S/C16H14F3N3O2S/c1-21(9-11-4-6-12(7-5-11)16(17,18)19)10-22-15(25)24-14(20-22)13-3-2-8-23-13/h2-8H,9-10H2,1H3/p+1. The Morgan fingerprint density at radius 1 is 1.20 bits per heavy atom. The van der Waals surface area contributed by atoms with Crippen molar-refractivity contribution in [2.24, 2.45) is 0 Å². The first-order valence-corrected chi connectivity index (χ1v) is 7.83. The van der Waals surface area contributed by atoms with E-state index in [0.29, 0.717) is 19.0 Å². The van der Waals surface area contributed by atoms with Crippen LogP contribution in [0.3, 0.4) is 0 Å². The number of furan rings is 1. The van der Waals surface area contributed by atoms with Crippen LogP contribution in [0, 0.1) is 4.84 Å². The Balaban J connectivity index is 1.67. The van der Waals surface area contributed by atoms with E-state index in [1.165, 1.54) is 23.1 Å². The van der Waals surface area contributed by atoms with E-state index < -0.39 is 11.7 Å². The molecule has 0 radical (unpaired) electrons. The molecule has 0 aliphatic rings. The van der Waals surface area contributed by atoms with Gasteiger partial charge in [0.25, 0.3) is 10.7 Å². The summed E-state index contributed by atoms with van der Waals surface area (Å²) in [5, 5.41) is 4.26. The molecule has 2 heterocycles. The molecule has 25 heavy (non-hydrogen) atoms. The summed E-state index contributed by atoms with van der Waals surface area (Å²) in [5.41, 5.74) is 0.127. The molecule has 0 bridgehead atoms. The van der Waals surface area contributed by atoms with Gasteiger partial charge in [0.1, 0.15) is 6.54 Å². The van der Waals surface area contributed by atoms with Gasteiger partial charge in [0, 0.05) is 5.56 Å². The number of benzene rings is 1. The average molecular weight is 370 g/mol. The second-order valence-electron chi connectivity index (χ2n) is 5.64. The fourth-order valence-corrected chi connectivity index (χ4v) is 2.56. The highest BCUT2D eigenvalue weighted by Crippen LogP contribution is 2.28. The Morgan fingerprint density at radius 3 is 2.52 bits per heavy atom. The van der Waals surface area contributed by atoms with Gasteiger partial charge in [0.15, 0.2) is 12.4 Å². The van der Waals surface area contributed by atoms with Gasteiger partial charge < -0.3 is 13.7 Å². The molecule has 1 aromatic carbocycles. The van der Waals surface area contributed by atoms with E-state index in [4.69, 9.17) is 21.1 Å². The summed E-state index contributed by atoms with van der Waals surface area (Å²) in [6, 6.07) is 8.54. The van der Waals surface area contributed by atoms with Gasteiger partial charge in [-0.15, -0.1) is 5.10 Å². The monoisotopic (exact) mass is 370 g/mol. The van der Waals surface area contributed by atoms with Crippen LogP contribution in [0.1, 0.15) is 11.1 Å². The molecule has 0 fully saturated rings. The molecule has 0 saturated carbocycles. The van der Waals surface area contributed by atoms with E-state index in [1.54, 1.807) is 12.1 Å². The Bertz CT molecular complexity index is 883. The lowest BCUT2D eigenvalue weighted by Crippen LogP contribution is -3.07. The van der Waals surface area contributed by atoms with Crippen LogP contribution in [0.2, 0.25) is 0 Å². The number of aromatic nitrogens is 2. The summed E-state index contributed by atoms with van der Waals surface area (Å²) in [5.74, 6) is 0.766. The minimum Gasteiger partial charge on any atom is -0.459 e. The molecule has 0 aliphatic carbocycles. The molecular weight excluding hydrogens is 355 g/mol. The van der Waals surface area contributed by atoms with Gasteiger partial charge >= 0.3 is 6.18 Å². The lowest BCUT2D eigenvalue weighted by Gasteiger charge is -2.14. The highest BCUT2D eigenvalue weighted by Gasteiger charge is 2.30. The Morgan fingerprint density at radius 2 is 1.92 bits per heavy atom. The molecule has 0 amide bonds. The third-order valence-electron chi connectivity index (χ3n) is 3.55. The quantitative estimate of drug-likeness (QED) is 0.701. The third-order valence-corrected chi connectivity index (χ3v) is 3.84. The molecule has 0 saturated heterocycles. The zero-order valence-electron chi connectivity index (χ0n) is 13.2. The molecule has 1 N–H and O–H groups in total. The maximum Gasteiger partial charge on any atom is 0.416 e. The highest BCUT2D eigenvalue weighted by atomic mass is 32.1. The first kappa shape index (κ1) is 17.4. The number of nitrogens with zero attached hydrogens (tertiary/aromatic N) is 2. The van der Waals surface area contributed by atoms with Crippen LogP contribution in [0.25, 0.3) is 11.7 Å². The lowest BCUT2D eigenvalue weighted by atomic mass is 10.1. The van der Waals surface area contributed by atoms with Gasteiger partial charge in [-0.2, -0.15) is 17.9 Å². The summed E-state index contributed by atoms with van der Waals surface area (Å²) in [7, 11) is 1.89. The smallest absolute Gasteiger partial charge is 0.416 e. The molecule has 132 valence electrons. The molecule has 5 nitrogen and oxygen atoms in total. The molecule has 2 aromatic heterocycles. The molecule has 1 atom stereocenters. The Kier molecular flexibility index (Phi) is 4.78. The molecular formula is C16H15F3N3O2S+.